The fourth-order valence-electron chi connectivity index (χ4n) is 18.1. The summed E-state index contributed by atoms with van der Waals surface area (Å²) in [7, 11) is 3.07. The molecule has 10 N–H and O–H groups in total. The number of aryl methyl sites for hydroxylation is 4. The molecule has 0 bridgehead atoms. The third-order valence-electron chi connectivity index (χ3n) is 25.7. The summed E-state index contributed by atoms with van der Waals surface area (Å²) >= 11 is 9.49. The molecule has 134 heavy (non-hydrogen) atoms. The van der Waals surface area contributed by atoms with Crippen LogP contribution in [-0.2, 0) is 22.0 Å². The van der Waals surface area contributed by atoms with Gasteiger partial charge in [-0.15, -0.1) is 0 Å². The largest absolute Gasteiger partial charge is 0.497 e. The van der Waals surface area contributed by atoms with E-state index in [1.807, 2.05) is 95.1 Å². The van der Waals surface area contributed by atoms with Gasteiger partial charge in [0.25, 0.3) is 0 Å². The molecule has 8 aromatic heterocycles. The number of fused-ring (bicyclic) bond motifs is 8. The second-order valence-corrected chi connectivity index (χ2v) is 37.4. The highest BCUT2D eigenvalue weighted by Gasteiger charge is 2.38. The number of ether oxygens (including phenoxy) is 2. The van der Waals surface area contributed by atoms with Gasteiger partial charge >= 0.3 is 12.1 Å². The molecule has 5 saturated carbocycles. The van der Waals surface area contributed by atoms with Gasteiger partial charge < -0.3 is 70.1 Å². The van der Waals surface area contributed by atoms with Gasteiger partial charge in [-0.3, -0.25) is 4.57 Å². The van der Waals surface area contributed by atoms with E-state index in [2.05, 4.69) is 159 Å². The zero-order chi connectivity index (χ0) is 95.7. The highest BCUT2D eigenvalue weighted by molar-refractivity contribution is 9.10. The van der Waals surface area contributed by atoms with Gasteiger partial charge in [0.2, 0.25) is 29.7 Å². The van der Waals surface area contributed by atoms with Crippen molar-refractivity contribution in [1.82, 2.24) is 76.4 Å². The number of esters is 1. The van der Waals surface area contributed by atoms with Crippen molar-refractivity contribution in [3.63, 3.8) is 0 Å². The van der Waals surface area contributed by atoms with Crippen LogP contribution < -0.4 is 33.4 Å². The molecule has 0 saturated heterocycles. The number of halogens is 6. The van der Waals surface area contributed by atoms with Gasteiger partial charge in [0.05, 0.1) is 149 Å². The van der Waals surface area contributed by atoms with E-state index in [1.165, 1.54) is 75.4 Å². The minimum absolute atomic E-state index is 0.0763. The van der Waals surface area contributed by atoms with Gasteiger partial charge in [-0.05, 0) is 323 Å². The molecule has 5 fully saturated rings. The van der Waals surface area contributed by atoms with Crippen molar-refractivity contribution in [2.75, 3.05) is 42.9 Å². The lowest BCUT2D eigenvalue weighted by Gasteiger charge is -2.40. The SMILES string of the molecule is CC(C)(C)n1c(N)nc2ccc(C#N)cc21.CC1(n2c(N)nc3ccc(C#N)cc32)CCC1.COC(=O)c1cccc2nc(N)n(C3CCC3)c12.COc1ccc2nc(C)n(C(C)C)c2c1.Cc1cc2nc(N)n(C3CCC3)c2cc1C#N.Cc1nc2ccc(Br)cc2n1C1CCC1.Cc1nc2ccc(C(F)(F)F)cc2n1C1CCC1.Nc1nc2ccc(Cl)cc2n1-c1ccc(F)cc1. The van der Waals surface area contributed by atoms with E-state index in [4.69, 9.17) is 65.5 Å². The van der Waals surface area contributed by atoms with E-state index in [1.54, 1.807) is 66.3 Å². The van der Waals surface area contributed by atoms with Crippen LogP contribution in [0.4, 0.5) is 47.3 Å². The first kappa shape index (κ1) is 94.6. The van der Waals surface area contributed by atoms with E-state index in [-0.39, 0.29) is 22.9 Å². The molecule has 5 aliphatic rings. The highest BCUT2D eigenvalue weighted by atomic mass is 79.9. The summed E-state index contributed by atoms with van der Waals surface area (Å²) in [6.45, 7) is 20.6. The predicted molar refractivity (Wildman–Crippen MR) is 524 cm³/mol. The first-order valence-corrected chi connectivity index (χ1v) is 46.0. The van der Waals surface area contributed by atoms with Gasteiger partial charge in [-0.1, -0.05) is 33.6 Å². The zero-order valence-corrected chi connectivity index (χ0v) is 79.3. The number of hydrogen-bond acceptors (Lipinski definition) is 19. The van der Waals surface area contributed by atoms with Crippen molar-refractivity contribution >= 4 is 152 Å². The molecule has 0 spiro atoms. The maximum Gasteiger partial charge on any atom is 0.416 e. The summed E-state index contributed by atoms with van der Waals surface area (Å²) in [5.74, 6) is 5.67. The first-order chi connectivity index (χ1) is 64.0. The third-order valence-corrected chi connectivity index (χ3v) is 26.4. The summed E-state index contributed by atoms with van der Waals surface area (Å²) in [6.07, 6.45) is 13.3. The topological polar surface area (TPSA) is 380 Å². The number of nitrogens with zero attached hydrogens (tertiary/aromatic N) is 19. The Morgan fingerprint density at radius 2 is 0.993 bits per heavy atom. The number of carbonyl (C=O) groups is 1. The van der Waals surface area contributed by atoms with Gasteiger partial charge in [0, 0.05) is 62.5 Å². The number of para-hydroxylation sites is 1. The fourth-order valence-corrected chi connectivity index (χ4v) is 18.6. The maximum atomic E-state index is 12.9. The summed E-state index contributed by atoms with van der Waals surface area (Å²) < 4.78 is 78.7. The Kier molecular flexibility index (Phi) is 27.6. The fraction of sp³-hybridized carbons (Fsp3) is 0.347. The van der Waals surface area contributed by atoms with Crippen molar-refractivity contribution in [3.05, 3.63) is 230 Å². The number of rotatable bonds is 9. The van der Waals surface area contributed by atoms with E-state index in [0.717, 1.165) is 175 Å². The number of hydrogen-bond donors (Lipinski definition) is 5. The van der Waals surface area contributed by atoms with Crippen LogP contribution in [0.2, 0.25) is 5.02 Å². The molecule has 27 nitrogen and oxygen atoms in total. The quantitative estimate of drug-likeness (QED) is 0.0662. The third kappa shape index (κ3) is 19.5. The van der Waals surface area contributed by atoms with Crippen molar-refractivity contribution in [3.8, 4) is 29.6 Å². The molecule has 9 aromatic carbocycles. The Labute approximate surface area is 786 Å². The number of benzene rings is 9. The molecule has 0 aliphatic heterocycles. The number of nitrogen functional groups attached to an aromatic ring is 5. The molecular formula is C101H108BrClF4N24O3. The molecule has 692 valence electrons. The Bertz CT molecular complexity index is 7390. The Balaban J connectivity index is 0.000000117. The normalized spacial score (nSPS) is 14.7. The number of methoxy groups -OCH3 is 2. The number of nitriles is 3. The van der Waals surface area contributed by atoms with Crippen molar-refractivity contribution in [2.45, 2.75) is 213 Å². The summed E-state index contributed by atoms with van der Waals surface area (Å²) in [5.41, 5.74) is 47.7. The Hall–Kier alpha value is -14.0. The molecule has 5 aliphatic carbocycles. The molecule has 0 atom stereocenters. The molecule has 0 radical (unpaired) electrons. The Morgan fingerprint density at radius 3 is 1.54 bits per heavy atom. The summed E-state index contributed by atoms with van der Waals surface area (Å²) in [5, 5.41) is 27.5. The molecule has 0 amide bonds. The lowest BCUT2D eigenvalue weighted by atomic mass is 9.78. The molecule has 22 rings (SSSR count). The van der Waals surface area contributed by atoms with Crippen LogP contribution in [0.5, 0.6) is 5.75 Å². The second-order valence-electron chi connectivity index (χ2n) is 36.0. The standard InChI is InChI=1S/C13H9ClFN3.C13H13F3N2.2C13H14N4.C13H15N3O2.C12H13BrN2.C12H14N4.C12H16N2O/c14-8-1-6-11-12(7-8)18(13(16)17-11)10-4-2-9(15)3-5-10;1-8-17-11-6-5-9(13(14,15)16)7-12(11)18(8)10-3-2-4-10;1-13(5-2-6-13)17-11-7-9(8-14)3-4-10(11)16-12(17)15;1-8-5-11-12(6-9(8)7-14)17(13(15)16-11)10-3-2-4-10;1-18-12(17)9-6-3-7-10-11(9)16(13(14)15-10)8-4-2-5-8;1-8-14-11-6-5-9(13)7-12(11)15(8)10-3-2-4-10;1-12(2,3)16-10-6-8(7-13)4-5-9(10)15-11(16)14;1-8(2)14-9(3)13-11-6-5-10(15-4)7-12(11)14/h1-7H,(H2,16,17);5-7,10H,2-4H2,1H3;3-4,7H,2,5-6H2,1H3,(H2,15,16);5-6,10H,2-4H2,1H3,(H2,15,16);3,6-8H,2,4-5H2,1H3,(H2,14,15);5-7,10H,2-4H2,1H3;4-6H,1-3H3,(H2,14,15);5-8H,1-4H3. The number of aromatic nitrogens is 16. The minimum atomic E-state index is -4.29. The number of carbonyl (C=O) groups excluding carboxylic acids is 1. The monoisotopic (exact) mass is 1890 g/mol. The maximum absolute atomic E-state index is 12.9. The van der Waals surface area contributed by atoms with Crippen LogP contribution in [0.25, 0.3) is 94.0 Å². The van der Waals surface area contributed by atoms with Crippen molar-refractivity contribution in [2.24, 2.45) is 0 Å². The smallest absolute Gasteiger partial charge is 0.416 e. The number of nitrogens with two attached hydrogens (primary N) is 5. The number of anilines is 5. The van der Waals surface area contributed by atoms with Crippen LogP contribution in [-0.4, -0.2) is 96.6 Å². The van der Waals surface area contributed by atoms with Crippen LogP contribution >= 0.6 is 27.5 Å². The van der Waals surface area contributed by atoms with E-state index in [9.17, 15) is 22.4 Å². The molecule has 8 heterocycles. The first-order valence-electron chi connectivity index (χ1n) is 44.8. The van der Waals surface area contributed by atoms with E-state index in [0.29, 0.717) is 98.3 Å². The highest BCUT2D eigenvalue weighted by Crippen LogP contribution is 2.45. The molecule has 33 heteroatoms. The van der Waals surface area contributed by atoms with Gasteiger partial charge in [0.15, 0.2) is 0 Å². The molecule has 0 unspecified atom stereocenters. The van der Waals surface area contributed by atoms with E-state index < -0.39 is 11.7 Å². The second kappa shape index (κ2) is 39.0. The average molecular weight is 1900 g/mol. The summed E-state index contributed by atoms with van der Waals surface area (Å²) in [4.78, 5) is 46.9. The van der Waals surface area contributed by atoms with Crippen molar-refractivity contribution in [1.29, 1.82) is 15.8 Å². The lowest BCUT2D eigenvalue weighted by Crippen LogP contribution is -2.37. The van der Waals surface area contributed by atoms with Gasteiger partial charge in [0.1, 0.15) is 29.0 Å². The van der Waals surface area contributed by atoms with E-state index >= 15 is 0 Å². The number of alkyl halides is 3. The minimum Gasteiger partial charge on any atom is -0.497 e. The van der Waals surface area contributed by atoms with Crippen molar-refractivity contribution < 1.29 is 31.8 Å². The Morgan fingerprint density at radius 1 is 0.500 bits per heavy atom. The predicted octanol–water partition coefficient (Wildman–Crippen LogP) is 23.5. The molecular weight excluding hydrogens is 1790 g/mol. The van der Waals surface area contributed by atoms with Crippen LogP contribution in [0.1, 0.15) is 224 Å². The zero-order valence-electron chi connectivity index (χ0n) is 77.0. The van der Waals surface area contributed by atoms with Crippen LogP contribution in [0.15, 0.2) is 168 Å². The van der Waals surface area contributed by atoms with Crippen LogP contribution in [0, 0.1) is 67.5 Å². The molecule has 17 aromatic rings. The van der Waals surface area contributed by atoms with Crippen LogP contribution in [0.3, 0.4) is 0 Å². The van der Waals surface area contributed by atoms with Gasteiger partial charge in [-0.25, -0.2) is 49.1 Å². The lowest BCUT2D eigenvalue weighted by molar-refractivity contribution is -0.137. The summed E-state index contributed by atoms with van der Waals surface area (Å²) in [6, 6.07) is 56.4. The number of imidazole rings is 8. The average Bonchev–Trinajstić information content (AvgIpc) is 1.58. The van der Waals surface area contributed by atoms with Gasteiger partial charge in [-0.2, -0.15) is 29.0 Å².